The number of halogens is 1. The maximum Gasteiger partial charge on any atom is 0.165 e. The molecule has 0 amide bonds. The Kier molecular flexibility index (Phi) is 3.87. The first-order valence-electron chi connectivity index (χ1n) is 5.76. The normalized spacial score (nSPS) is 22.7. The zero-order chi connectivity index (χ0) is 13.2. The lowest BCUT2D eigenvalue weighted by atomic mass is 10.1. The van der Waals surface area contributed by atoms with Gasteiger partial charge in [-0.2, -0.15) is 0 Å². The Labute approximate surface area is 106 Å². The number of methoxy groups -OCH3 is 1. The molecule has 1 saturated heterocycles. The van der Waals surface area contributed by atoms with Gasteiger partial charge in [0.1, 0.15) is 0 Å². The second-order valence-corrected chi connectivity index (χ2v) is 6.67. The fourth-order valence-corrected chi connectivity index (χ4v) is 3.56. The summed E-state index contributed by atoms with van der Waals surface area (Å²) in [4.78, 5) is 0. The molecule has 2 rings (SSSR count). The third-order valence-corrected chi connectivity index (χ3v) is 4.74. The van der Waals surface area contributed by atoms with Gasteiger partial charge in [-0.15, -0.1) is 0 Å². The maximum atomic E-state index is 13.5. The van der Waals surface area contributed by atoms with E-state index in [1.165, 1.54) is 13.2 Å². The molecule has 1 unspecified atom stereocenters. The summed E-state index contributed by atoms with van der Waals surface area (Å²) >= 11 is 0. The summed E-state index contributed by atoms with van der Waals surface area (Å²) in [6, 6.07) is 4.56. The van der Waals surface area contributed by atoms with Crippen LogP contribution < -0.4 is 10.1 Å². The smallest absolute Gasteiger partial charge is 0.165 e. The summed E-state index contributed by atoms with van der Waals surface area (Å²) in [6.45, 7) is 0.464. The van der Waals surface area contributed by atoms with Crippen LogP contribution in [0.1, 0.15) is 5.56 Å². The van der Waals surface area contributed by atoms with Gasteiger partial charge in [-0.1, -0.05) is 6.07 Å². The molecule has 0 aromatic heterocycles. The number of sulfone groups is 1. The Morgan fingerprint density at radius 3 is 2.89 bits per heavy atom. The quantitative estimate of drug-likeness (QED) is 0.883. The Morgan fingerprint density at radius 2 is 2.28 bits per heavy atom. The minimum atomic E-state index is -2.96. The molecule has 4 nitrogen and oxygen atoms in total. The Morgan fingerprint density at radius 1 is 1.50 bits per heavy atom. The van der Waals surface area contributed by atoms with E-state index >= 15 is 0 Å². The third kappa shape index (κ3) is 3.20. The third-order valence-electron chi connectivity index (χ3n) is 3.00. The highest BCUT2D eigenvalue weighted by Crippen LogP contribution is 2.19. The number of hydrogen-bond acceptors (Lipinski definition) is 4. The molecule has 1 N–H and O–H groups in total. The van der Waals surface area contributed by atoms with Crippen LogP contribution in [0.25, 0.3) is 0 Å². The highest BCUT2D eigenvalue weighted by Gasteiger charge is 2.24. The van der Waals surface area contributed by atoms with Crippen molar-refractivity contribution in [3.63, 3.8) is 0 Å². The summed E-state index contributed by atoms with van der Waals surface area (Å²) in [5.74, 6) is 0.0674. The van der Waals surface area contributed by atoms with Crippen LogP contribution in [-0.4, -0.2) is 39.6 Å². The van der Waals surface area contributed by atoms with E-state index in [4.69, 9.17) is 4.74 Å². The van der Waals surface area contributed by atoms with Crippen molar-refractivity contribution in [3.05, 3.63) is 29.6 Å². The average molecular weight is 273 g/mol. The van der Waals surface area contributed by atoms with Gasteiger partial charge in [-0.05, 0) is 24.1 Å². The van der Waals surface area contributed by atoms with Crippen molar-refractivity contribution in [2.24, 2.45) is 0 Å². The van der Waals surface area contributed by atoms with Gasteiger partial charge < -0.3 is 10.1 Å². The molecule has 1 aromatic rings. The predicted molar refractivity (Wildman–Crippen MR) is 67.1 cm³/mol. The minimum absolute atomic E-state index is 0.112. The van der Waals surface area contributed by atoms with Gasteiger partial charge in [0, 0.05) is 12.6 Å². The number of ether oxygens (including phenoxy) is 1. The first-order valence-corrected chi connectivity index (χ1v) is 7.58. The first kappa shape index (κ1) is 13.3. The number of nitrogens with one attached hydrogen (secondary N) is 1. The molecule has 100 valence electrons. The van der Waals surface area contributed by atoms with Crippen molar-refractivity contribution < 1.29 is 17.5 Å². The maximum absolute atomic E-state index is 13.5. The molecule has 0 spiro atoms. The first-order chi connectivity index (χ1) is 8.50. The molecular weight excluding hydrogens is 257 g/mol. The van der Waals surface area contributed by atoms with Crippen molar-refractivity contribution in [2.75, 3.05) is 25.2 Å². The van der Waals surface area contributed by atoms with Gasteiger partial charge in [0.25, 0.3) is 0 Å². The van der Waals surface area contributed by atoms with Crippen LogP contribution in [0.2, 0.25) is 0 Å². The van der Waals surface area contributed by atoms with Gasteiger partial charge in [0.05, 0.1) is 18.6 Å². The average Bonchev–Trinajstić information content (AvgIpc) is 2.28. The second kappa shape index (κ2) is 5.24. The molecule has 6 heteroatoms. The highest BCUT2D eigenvalue weighted by atomic mass is 32.2. The van der Waals surface area contributed by atoms with Gasteiger partial charge >= 0.3 is 0 Å². The molecule has 0 radical (unpaired) electrons. The van der Waals surface area contributed by atoms with Crippen LogP contribution in [0.5, 0.6) is 5.75 Å². The van der Waals surface area contributed by atoms with Crippen LogP contribution in [0.4, 0.5) is 4.39 Å². The fraction of sp³-hybridized carbons (Fsp3) is 0.500. The molecule has 1 fully saturated rings. The molecule has 1 heterocycles. The topological polar surface area (TPSA) is 55.4 Å². The van der Waals surface area contributed by atoms with Gasteiger partial charge in [0.2, 0.25) is 0 Å². The van der Waals surface area contributed by atoms with Crippen molar-refractivity contribution >= 4 is 9.84 Å². The van der Waals surface area contributed by atoms with Crippen LogP contribution >= 0.6 is 0 Å². The molecule has 1 atom stereocenters. The molecule has 1 aliphatic heterocycles. The van der Waals surface area contributed by atoms with Crippen LogP contribution in [0, 0.1) is 5.82 Å². The van der Waals surface area contributed by atoms with E-state index in [9.17, 15) is 12.8 Å². The van der Waals surface area contributed by atoms with E-state index < -0.39 is 15.7 Å². The van der Waals surface area contributed by atoms with Crippen molar-refractivity contribution in [3.8, 4) is 5.75 Å². The second-order valence-electron chi connectivity index (χ2n) is 4.44. The predicted octanol–water partition coefficient (Wildman–Crippen LogP) is 0.763. The van der Waals surface area contributed by atoms with E-state index in [2.05, 4.69) is 5.32 Å². The molecule has 0 bridgehead atoms. The lowest BCUT2D eigenvalue weighted by Crippen LogP contribution is -2.46. The van der Waals surface area contributed by atoms with E-state index in [0.29, 0.717) is 13.0 Å². The lowest BCUT2D eigenvalue weighted by molar-refractivity contribution is 0.386. The largest absolute Gasteiger partial charge is 0.494 e. The summed E-state index contributed by atoms with van der Waals surface area (Å²) < 4.78 is 41.3. The molecule has 1 aromatic carbocycles. The van der Waals surface area contributed by atoms with E-state index in [-0.39, 0.29) is 23.3 Å². The van der Waals surface area contributed by atoms with Gasteiger partial charge in [-0.25, -0.2) is 12.8 Å². The number of rotatable bonds is 3. The van der Waals surface area contributed by atoms with E-state index in [1.807, 2.05) is 0 Å². The van der Waals surface area contributed by atoms with Gasteiger partial charge in [0.15, 0.2) is 21.4 Å². The summed E-state index contributed by atoms with van der Waals surface area (Å²) in [7, 11) is -1.55. The summed E-state index contributed by atoms with van der Waals surface area (Å²) in [5, 5.41) is 3.14. The van der Waals surface area contributed by atoms with Gasteiger partial charge in [-0.3, -0.25) is 0 Å². The SMILES string of the molecule is COc1ccc(CC2CS(=O)(=O)CCN2)cc1F. The van der Waals surface area contributed by atoms with Crippen LogP contribution in [-0.2, 0) is 16.3 Å². The lowest BCUT2D eigenvalue weighted by Gasteiger charge is -2.23. The highest BCUT2D eigenvalue weighted by molar-refractivity contribution is 7.91. The molecule has 0 saturated carbocycles. The zero-order valence-electron chi connectivity index (χ0n) is 10.1. The zero-order valence-corrected chi connectivity index (χ0v) is 11.0. The number of benzene rings is 1. The van der Waals surface area contributed by atoms with E-state index in [0.717, 1.165) is 5.56 Å². The monoisotopic (exact) mass is 273 g/mol. The summed E-state index contributed by atoms with van der Waals surface area (Å²) in [5.41, 5.74) is 0.767. The Hall–Kier alpha value is -1.14. The molecule has 18 heavy (non-hydrogen) atoms. The molecule has 1 aliphatic rings. The van der Waals surface area contributed by atoms with Crippen molar-refractivity contribution in [1.29, 1.82) is 0 Å². The molecular formula is C12H16FNO3S. The Balaban J connectivity index is 2.07. The number of hydrogen-bond donors (Lipinski definition) is 1. The fourth-order valence-electron chi connectivity index (χ4n) is 2.12. The summed E-state index contributed by atoms with van der Waals surface area (Å²) in [6.07, 6.45) is 0.500. The van der Waals surface area contributed by atoms with Crippen molar-refractivity contribution in [1.82, 2.24) is 5.32 Å². The minimum Gasteiger partial charge on any atom is -0.494 e. The van der Waals surface area contributed by atoms with Crippen molar-refractivity contribution in [2.45, 2.75) is 12.5 Å². The molecule has 0 aliphatic carbocycles. The van der Waals surface area contributed by atoms with Crippen LogP contribution in [0.15, 0.2) is 18.2 Å². The Bertz CT molecular complexity index is 530. The van der Waals surface area contributed by atoms with Crippen LogP contribution in [0.3, 0.4) is 0 Å². The standard InChI is InChI=1S/C12H16FNO3S/c1-17-12-3-2-9(7-11(12)13)6-10-8-18(15,16)5-4-14-10/h2-3,7,10,14H,4-6,8H2,1H3. The van der Waals surface area contributed by atoms with E-state index in [1.54, 1.807) is 12.1 Å².